The molecule has 0 radical (unpaired) electrons. The summed E-state index contributed by atoms with van der Waals surface area (Å²) in [6.45, 7) is 1.86. The van der Waals surface area contributed by atoms with Gasteiger partial charge in [-0.3, -0.25) is 9.59 Å². The lowest BCUT2D eigenvalue weighted by atomic mass is 10.1. The molecular formula is C10H16FNO5S. The summed E-state index contributed by atoms with van der Waals surface area (Å²) >= 11 is 0. The molecule has 2 unspecified atom stereocenters. The minimum absolute atomic E-state index is 0.0424. The molecule has 1 amide bonds. The zero-order valence-electron chi connectivity index (χ0n) is 10.0. The molecule has 1 aliphatic heterocycles. The average Bonchev–Trinajstić information content (AvgIpc) is 2.52. The SMILES string of the molecule is CCC(CC(=O)O)N1CC(CS(=O)(=O)F)CC1=O. The van der Waals surface area contributed by atoms with Crippen molar-refractivity contribution in [3.63, 3.8) is 0 Å². The molecule has 0 aliphatic carbocycles. The van der Waals surface area contributed by atoms with Gasteiger partial charge >= 0.3 is 16.2 Å². The highest BCUT2D eigenvalue weighted by Gasteiger charge is 2.36. The highest BCUT2D eigenvalue weighted by atomic mass is 32.3. The predicted molar refractivity (Wildman–Crippen MR) is 61.0 cm³/mol. The standard InChI is InChI=1S/C10H16FNO5S/c1-2-8(4-10(14)15)12-5-7(3-9(12)13)6-18(11,16)17/h7-8H,2-6H2,1H3,(H,14,15). The van der Waals surface area contributed by atoms with Gasteiger partial charge in [0.1, 0.15) is 0 Å². The molecule has 0 aromatic rings. The molecule has 0 aromatic carbocycles. The summed E-state index contributed by atoms with van der Waals surface area (Å²) in [5, 5.41) is 8.72. The Balaban J connectivity index is 2.68. The van der Waals surface area contributed by atoms with E-state index in [4.69, 9.17) is 5.11 Å². The van der Waals surface area contributed by atoms with Crippen LogP contribution in [0.1, 0.15) is 26.2 Å². The second-order valence-electron chi connectivity index (χ2n) is 4.48. The number of hydrogen-bond acceptors (Lipinski definition) is 4. The Morgan fingerprint density at radius 3 is 2.67 bits per heavy atom. The van der Waals surface area contributed by atoms with E-state index in [9.17, 15) is 21.9 Å². The number of carboxylic acid groups (broad SMARTS) is 1. The van der Waals surface area contributed by atoms with E-state index >= 15 is 0 Å². The van der Waals surface area contributed by atoms with Crippen LogP contribution in [0, 0.1) is 5.92 Å². The van der Waals surface area contributed by atoms with Gasteiger partial charge in [-0.1, -0.05) is 6.92 Å². The molecule has 1 heterocycles. The van der Waals surface area contributed by atoms with Gasteiger partial charge in [-0.2, -0.15) is 8.42 Å². The van der Waals surface area contributed by atoms with Crippen LogP contribution in [0.2, 0.25) is 0 Å². The third-order valence-electron chi connectivity index (χ3n) is 3.00. The third kappa shape index (κ3) is 4.25. The number of carbonyl (C=O) groups is 2. The quantitative estimate of drug-likeness (QED) is 0.711. The summed E-state index contributed by atoms with van der Waals surface area (Å²) in [4.78, 5) is 23.7. The molecule has 0 saturated carbocycles. The minimum atomic E-state index is -4.61. The van der Waals surface area contributed by atoms with Crippen LogP contribution >= 0.6 is 0 Å². The van der Waals surface area contributed by atoms with Crippen LogP contribution in [0.5, 0.6) is 0 Å². The average molecular weight is 281 g/mol. The lowest BCUT2D eigenvalue weighted by Gasteiger charge is -2.25. The van der Waals surface area contributed by atoms with Crippen molar-refractivity contribution < 1.29 is 27.0 Å². The van der Waals surface area contributed by atoms with Gasteiger partial charge in [-0.25, -0.2) is 0 Å². The predicted octanol–water partition coefficient (Wildman–Crippen LogP) is 0.388. The zero-order chi connectivity index (χ0) is 13.9. The van der Waals surface area contributed by atoms with Crippen molar-refractivity contribution in [3.8, 4) is 0 Å². The van der Waals surface area contributed by atoms with E-state index in [1.807, 2.05) is 0 Å². The van der Waals surface area contributed by atoms with E-state index < -0.39 is 33.9 Å². The first-order valence-corrected chi connectivity index (χ1v) is 7.21. The smallest absolute Gasteiger partial charge is 0.305 e. The van der Waals surface area contributed by atoms with Crippen LogP contribution in [0.4, 0.5) is 3.89 Å². The monoisotopic (exact) mass is 281 g/mol. The van der Waals surface area contributed by atoms with Crippen molar-refractivity contribution in [1.82, 2.24) is 4.90 Å². The molecule has 0 aromatic heterocycles. The van der Waals surface area contributed by atoms with E-state index in [0.717, 1.165) is 0 Å². The summed E-state index contributed by atoms with van der Waals surface area (Å²) < 4.78 is 33.6. The molecular weight excluding hydrogens is 265 g/mol. The molecule has 0 bridgehead atoms. The number of halogens is 1. The maximum atomic E-state index is 12.5. The summed E-state index contributed by atoms with van der Waals surface area (Å²) in [6.07, 6.45) is 0.240. The summed E-state index contributed by atoms with van der Waals surface area (Å²) in [7, 11) is -4.61. The Bertz CT molecular complexity index is 436. The van der Waals surface area contributed by atoms with Crippen molar-refractivity contribution in [3.05, 3.63) is 0 Å². The molecule has 8 heteroatoms. The first-order valence-electron chi connectivity index (χ1n) is 5.66. The van der Waals surface area contributed by atoms with Gasteiger partial charge in [0.25, 0.3) is 0 Å². The Kier molecular flexibility index (Phi) is 4.66. The molecule has 1 N–H and O–H groups in total. The maximum Gasteiger partial charge on any atom is 0.305 e. The van der Waals surface area contributed by atoms with Crippen LogP contribution < -0.4 is 0 Å². The van der Waals surface area contributed by atoms with Crippen LogP contribution in [0.3, 0.4) is 0 Å². The Morgan fingerprint density at radius 1 is 1.61 bits per heavy atom. The van der Waals surface area contributed by atoms with Crippen molar-refractivity contribution in [2.75, 3.05) is 12.3 Å². The fourth-order valence-electron chi connectivity index (χ4n) is 2.23. The maximum absolute atomic E-state index is 12.5. The fraction of sp³-hybridized carbons (Fsp3) is 0.800. The summed E-state index contributed by atoms with van der Waals surface area (Å²) in [6, 6.07) is -0.456. The lowest BCUT2D eigenvalue weighted by Crippen LogP contribution is -2.38. The van der Waals surface area contributed by atoms with Gasteiger partial charge in [-0.05, 0) is 6.42 Å². The molecule has 104 valence electrons. The number of aliphatic carboxylic acids is 1. The van der Waals surface area contributed by atoms with Crippen LogP contribution in [-0.4, -0.2) is 48.6 Å². The van der Waals surface area contributed by atoms with E-state index in [-0.39, 0.29) is 25.3 Å². The molecule has 2 atom stereocenters. The normalized spacial score (nSPS) is 22.2. The van der Waals surface area contributed by atoms with E-state index in [1.165, 1.54) is 4.90 Å². The van der Waals surface area contributed by atoms with E-state index in [2.05, 4.69) is 0 Å². The van der Waals surface area contributed by atoms with Crippen molar-refractivity contribution >= 4 is 22.1 Å². The Morgan fingerprint density at radius 2 is 2.22 bits per heavy atom. The van der Waals surface area contributed by atoms with Crippen molar-refractivity contribution in [1.29, 1.82) is 0 Å². The number of nitrogens with zero attached hydrogens (tertiary/aromatic N) is 1. The zero-order valence-corrected chi connectivity index (χ0v) is 10.8. The van der Waals surface area contributed by atoms with Crippen LogP contribution in [0.25, 0.3) is 0 Å². The van der Waals surface area contributed by atoms with Gasteiger partial charge in [0, 0.05) is 24.9 Å². The summed E-state index contributed by atoms with van der Waals surface area (Å²) in [5.74, 6) is -2.60. The van der Waals surface area contributed by atoms with Crippen LogP contribution in [0.15, 0.2) is 0 Å². The molecule has 1 rings (SSSR count). The van der Waals surface area contributed by atoms with Crippen molar-refractivity contribution in [2.45, 2.75) is 32.2 Å². The molecule has 0 spiro atoms. The molecule has 18 heavy (non-hydrogen) atoms. The number of amides is 1. The highest BCUT2D eigenvalue weighted by molar-refractivity contribution is 7.86. The van der Waals surface area contributed by atoms with Gasteiger partial charge in [-0.15, -0.1) is 3.89 Å². The second kappa shape index (κ2) is 5.64. The van der Waals surface area contributed by atoms with E-state index in [0.29, 0.717) is 6.42 Å². The first-order chi connectivity index (χ1) is 8.23. The van der Waals surface area contributed by atoms with Gasteiger partial charge in [0.05, 0.1) is 12.2 Å². The highest BCUT2D eigenvalue weighted by Crippen LogP contribution is 2.24. The number of carboxylic acids is 1. The van der Waals surface area contributed by atoms with Crippen molar-refractivity contribution in [2.24, 2.45) is 5.92 Å². The largest absolute Gasteiger partial charge is 0.481 e. The second-order valence-corrected chi connectivity index (χ2v) is 5.89. The minimum Gasteiger partial charge on any atom is -0.481 e. The fourth-order valence-corrected chi connectivity index (χ4v) is 3.02. The van der Waals surface area contributed by atoms with Gasteiger partial charge < -0.3 is 10.0 Å². The molecule has 6 nitrogen and oxygen atoms in total. The number of hydrogen-bond donors (Lipinski definition) is 1. The Labute approximate surface area is 105 Å². The number of rotatable bonds is 6. The molecule has 1 saturated heterocycles. The first kappa shape index (κ1) is 14.9. The Hall–Kier alpha value is -1.18. The lowest BCUT2D eigenvalue weighted by molar-refractivity contribution is -0.139. The number of carbonyl (C=O) groups excluding carboxylic acids is 1. The number of likely N-dealkylation sites (tertiary alicyclic amines) is 1. The van der Waals surface area contributed by atoms with Gasteiger partial charge in [0.15, 0.2) is 0 Å². The van der Waals surface area contributed by atoms with E-state index in [1.54, 1.807) is 6.92 Å². The topological polar surface area (TPSA) is 91.8 Å². The molecule has 1 fully saturated rings. The third-order valence-corrected chi connectivity index (χ3v) is 3.87. The van der Waals surface area contributed by atoms with Crippen LogP contribution in [-0.2, 0) is 19.8 Å². The summed E-state index contributed by atoms with van der Waals surface area (Å²) in [5.41, 5.74) is 0. The van der Waals surface area contributed by atoms with Gasteiger partial charge in [0.2, 0.25) is 5.91 Å². The molecule has 1 aliphatic rings.